The number of hydrogen-bond acceptors (Lipinski definition) is 9. The van der Waals surface area contributed by atoms with Crippen LogP contribution in [0.4, 0.5) is 5.69 Å². The van der Waals surface area contributed by atoms with Crippen LogP contribution in [0.5, 0.6) is 0 Å². The van der Waals surface area contributed by atoms with Crippen molar-refractivity contribution in [1.82, 2.24) is 9.13 Å². The number of carbonyl (C=O) groups is 1. The van der Waals surface area contributed by atoms with Crippen LogP contribution in [-0.4, -0.2) is 27.1 Å². The molecule has 1 atom stereocenters. The summed E-state index contributed by atoms with van der Waals surface area (Å²) in [6, 6.07) is 19.9. The first-order valence-corrected chi connectivity index (χ1v) is 16.0. The molecule has 3 aromatic heterocycles. The van der Waals surface area contributed by atoms with E-state index in [4.69, 9.17) is 4.74 Å². The van der Waals surface area contributed by atoms with E-state index < -0.39 is 16.9 Å². The van der Waals surface area contributed by atoms with E-state index in [0.717, 1.165) is 37.3 Å². The summed E-state index contributed by atoms with van der Waals surface area (Å²) in [5.41, 5.74) is 4.63. The molecule has 0 spiro atoms. The molecule has 0 saturated carbocycles. The maximum absolute atomic E-state index is 13.9. The number of hydrogen-bond donors (Lipinski definition) is 0. The number of nitro groups is 1. The van der Waals surface area contributed by atoms with Gasteiger partial charge in [-0.05, 0) is 86.3 Å². The molecular weight excluding hydrogens is 617 g/mol. The number of carbonyl (C=O) groups excluding carboxylic acids is 1. The molecule has 0 radical (unpaired) electrons. The van der Waals surface area contributed by atoms with Gasteiger partial charge in [0.25, 0.3) is 11.2 Å². The zero-order chi connectivity index (χ0) is 31.1. The fourth-order valence-electron chi connectivity index (χ4n) is 5.32. The summed E-state index contributed by atoms with van der Waals surface area (Å²) in [4.78, 5) is 45.1. The van der Waals surface area contributed by atoms with E-state index in [1.165, 1.54) is 53.7 Å². The molecule has 4 heterocycles. The van der Waals surface area contributed by atoms with Gasteiger partial charge in [-0.25, -0.2) is 9.79 Å². The summed E-state index contributed by atoms with van der Waals surface area (Å²) in [7, 11) is 1.33. The van der Waals surface area contributed by atoms with E-state index in [9.17, 15) is 19.7 Å². The summed E-state index contributed by atoms with van der Waals surface area (Å²) in [6.45, 7) is 5.81. The van der Waals surface area contributed by atoms with E-state index in [2.05, 4.69) is 15.6 Å². The topological polar surface area (TPSA) is 109 Å². The number of aromatic nitrogens is 2. The highest BCUT2D eigenvalue weighted by Crippen LogP contribution is 2.33. The van der Waals surface area contributed by atoms with Gasteiger partial charge in [-0.1, -0.05) is 29.2 Å². The second-order valence-corrected chi connectivity index (χ2v) is 13.2. The molecule has 1 aliphatic rings. The Labute approximate surface area is 264 Å². The van der Waals surface area contributed by atoms with Crippen LogP contribution in [0.15, 0.2) is 103 Å². The van der Waals surface area contributed by atoms with E-state index in [-0.39, 0.29) is 11.2 Å². The minimum Gasteiger partial charge on any atom is -0.466 e. The summed E-state index contributed by atoms with van der Waals surface area (Å²) in [5, 5.41) is 12.9. The smallest absolute Gasteiger partial charge is 0.338 e. The molecule has 5 aromatic rings. The molecule has 0 saturated heterocycles. The molecule has 0 amide bonds. The normalized spacial score (nSPS) is 14.8. The third kappa shape index (κ3) is 5.36. The predicted octanol–water partition coefficient (Wildman–Crippen LogP) is 5.94. The van der Waals surface area contributed by atoms with Crippen molar-refractivity contribution in [2.45, 2.75) is 36.6 Å². The number of fused-ring (bicyclic) bond motifs is 1. The highest BCUT2D eigenvalue weighted by molar-refractivity contribution is 7.99. The lowest BCUT2D eigenvalue weighted by molar-refractivity contribution is -0.384. The van der Waals surface area contributed by atoms with Gasteiger partial charge < -0.3 is 9.30 Å². The zero-order valence-electron chi connectivity index (χ0n) is 24.1. The minimum absolute atomic E-state index is 0.0655. The number of benzene rings is 2. The Hall–Kier alpha value is -4.52. The summed E-state index contributed by atoms with van der Waals surface area (Å²) in [6.07, 6.45) is 1.89. The quantitative estimate of drug-likeness (QED) is 0.124. The van der Waals surface area contributed by atoms with Gasteiger partial charge in [0.2, 0.25) is 0 Å². The SMILES string of the molecule is COC(=O)C1=C(C)N=c2sc(=Cc3cc(C)n(-c4ccc(Sc5ccc([N+](=O)[O-])cc5)cc4)c3C)c(=O)n2C1c1cccs1. The Kier molecular flexibility index (Phi) is 7.97. The van der Waals surface area contributed by atoms with Crippen LogP contribution in [0.25, 0.3) is 11.8 Å². The number of rotatable bonds is 7. The molecule has 0 bridgehead atoms. The van der Waals surface area contributed by atoms with Gasteiger partial charge in [0.05, 0.1) is 27.8 Å². The Morgan fingerprint density at radius 3 is 2.36 bits per heavy atom. The molecule has 0 N–H and O–H groups in total. The third-order valence-electron chi connectivity index (χ3n) is 7.37. The molecule has 222 valence electrons. The molecule has 0 fully saturated rings. The second-order valence-electron chi connectivity index (χ2n) is 10.1. The van der Waals surface area contributed by atoms with Gasteiger partial charge in [0.1, 0.15) is 6.04 Å². The lowest BCUT2D eigenvalue weighted by atomic mass is 10.0. The van der Waals surface area contributed by atoms with Crippen molar-refractivity contribution < 1.29 is 14.5 Å². The average Bonchev–Trinajstić information content (AvgIpc) is 3.72. The van der Waals surface area contributed by atoms with E-state index in [1.807, 2.05) is 61.7 Å². The Morgan fingerprint density at radius 2 is 1.75 bits per heavy atom. The van der Waals surface area contributed by atoms with Crippen LogP contribution < -0.4 is 14.9 Å². The van der Waals surface area contributed by atoms with Crippen molar-refractivity contribution in [2.75, 3.05) is 7.11 Å². The van der Waals surface area contributed by atoms with Crippen molar-refractivity contribution in [3.8, 4) is 5.69 Å². The minimum atomic E-state index is -0.601. The van der Waals surface area contributed by atoms with Gasteiger partial charge in [0.15, 0.2) is 4.80 Å². The number of thiophene rings is 1. The maximum Gasteiger partial charge on any atom is 0.338 e. The van der Waals surface area contributed by atoms with Gasteiger partial charge in [-0.3, -0.25) is 19.5 Å². The zero-order valence-corrected chi connectivity index (χ0v) is 26.6. The molecule has 0 aliphatic carbocycles. The Balaban J connectivity index is 1.34. The lowest BCUT2D eigenvalue weighted by Crippen LogP contribution is -2.39. The number of aryl methyl sites for hydroxylation is 1. The first-order chi connectivity index (χ1) is 21.2. The van der Waals surface area contributed by atoms with Crippen LogP contribution in [0.1, 0.15) is 34.8 Å². The van der Waals surface area contributed by atoms with E-state index in [0.29, 0.717) is 20.6 Å². The van der Waals surface area contributed by atoms with Gasteiger partial charge in [-0.15, -0.1) is 11.3 Å². The van der Waals surface area contributed by atoms with Crippen LogP contribution in [0.2, 0.25) is 0 Å². The van der Waals surface area contributed by atoms with Crippen LogP contribution in [0, 0.1) is 24.0 Å². The summed E-state index contributed by atoms with van der Waals surface area (Å²) >= 11 is 4.31. The van der Waals surface area contributed by atoms with Gasteiger partial charge >= 0.3 is 5.97 Å². The molecular formula is C32H26N4O5S3. The van der Waals surface area contributed by atoms with Crippen molar-refractivity contribution in [1.29, 1.82) is 0 Å². The van der Waals surface area contributed by atoms with Crippen molar-refractivity contribution in [3.05, 3.63) is 135 Å². The maximum atomic E-state index is 13.9. The van der Waals surface area contributed by atoms with Crippen LogP contribution in [0.3, 0.4) is 0 Å². The standard InChI is InChI=1S/C32H26N4O5S3/c1-18-16-21(20(3)34(18)22-7-11-24(12-8-22)43-25-13-9-23(10-14-25)36(39)40)17-27-30(37)35-29(26-6-5-15-42-26)28(31(38)41-4)19(2)33-32(35)44-27/h5-17,29H,1-4H3. The lowest BCUT2D eigenvalue weighted by Gasteiger charge is -2.22. The van der Waals surface area contributed by atoms with Crippen molar-refractivity contribution in [3.63, 3.8) is 0 Å². The van der Waals surface area contributed by atoms with Crippen LogP contribution >= 0.6 is 34.4 Å². The molecule has 2 aromatic carbocycles. The van der Waals surface area contributed by atoms with Crippen LogP contribution in [-0.2, 0) is 9.53 Å². The monoisotopic (exact) mass is 642 g/mol. The van der Waals surface area contributed by atoms with Crippen molar-refractivity contribution in [2.24, 2.45) is 4.99 Å². The summed E-state index contributed by atoms with van der Waals surface area (Å²) < 4.78 is 9.33. The number of esters is 1. The third-order valence-corrected chi connectivity index (χ3v) is 10.3. The first kappa shape index (κ1) is 29.5. The average molecular weight is 643 g/mol. The predicted molar refractivity (Wildman–Crippen MR) is 173 cm³/mol. The van der Waals surface area contributed by atoms with Crippen molar-refractivity contribution >= 4 is 52.2 Å². The molecule has 12 heteroatoms. The number of nitrogens with zero attached hydrogens (tertiary/aromatic N) is 4. The number of thiazole rings is 1. The van der Waals surface area contributed by atoms with Gasteiger partial charge in [0, 0.05) is 43.9 Å². The molecule has 9 nitrogen and oxygen atoms in total. The molecule has 1 unspecified atom stereocenters. The largest absolute Gasteiger partial charge is 0.466 e. The van der Waals surface area contributed by atoms with E-state index in [1.54, 1.807) is 23.6 Å². The highest BCUT2D eigenvalue weighted by Gasteiger charge is 2.33. The number of methoxy groups -OCH3 is 1. The molecule has 1 aliphatic heterocycles. The molecule has 44 heavy (non-hydrogen) atoms. The Bertz CT molecular complexity index is 2120. The molecule has 6 rings (SSSR count). The number of nitro benzene ring substituents is 1. The first-order valence-electron chi connectivity index (χ1n) is 13.5. The number of ether oxygens (including phenoxy) is 1. The fraction of sp³-hybridized carbons (Fsp3) is 0.156. The summed E-state index contributed by atoms with van der Waals surface area (Å²) in [5.74, 6) is -0.500. The number of non-ortho nitro benzene ring substituents is 1. The Morgan fingerprint density at radius 1 is 1.07 bits per heavy atom. The second kappa shape index (κ2) is 11.9. The highest BCUT2D eigenvalue weighted by atomic mass is 32.2. The van der Waals surface area contributed by atoms with E-state index >= 15 is 0 Å². The fourth-order valence-corrected chi connectivity index (χ4v) is 7.99. The number of allylic oxidation sites excluding steroid dienone is 1. The van der Waals surface area contributed by atoms with Gasteiger partial charge in [-0.2, -0.15) is 0 Å².